The second-order valence-corrected chi connectivity index (χ2v) is 6.30. The first-order valence-electron chi connectivity index (χ1n) is 7.06. The van der Waals surface area contributed by atoms with Gasteiger partial charge in [0.1, 0.15) is 10.3 Å². The van der Waals surface area contributed by atoms with Gasteiger partial charge in [0, 0.05) is 11.5 Å². The second-order valence-electron chi connectivity index (χ2n) is 5.24. The quantitative estimate of drug-likeness (QED) is 0.426. The average Bonchev–Trinajstić information content (AvgIpc) is 2.53. The van der Waals surface area contributed by atoms with Crippen LogP contribution in [0.15, 0.2) is 54.6 Å². The summed E-state index contributed by atoms with van der Waals surface area (Å²) in [5.74, 6) is -0.158. The van der Waals surface area contributed by atoms with Crippen molar-refractivity contribution in [1.29, 1.82) is 0 Å². The van der Waals surface area contributed by atoms with Crippen molar-refractivity contribution in [3.05, 3.63) is 92.4 Å². The van der Waals surface area contributed by atoms with Gasteiger partial charge in [0.2, 0.25) is 5.28 Å². The number of aryl methyl sites for hydroxylation is 1. The van der Waals surface area contributed by atoms with E-state index in [2.05, 4.69) is 34.2 Å². The van der Waals surface area contributed by atoms with E-state index in [1.54, 1.807) is 0 Å². The van der Waals surface area contributed by atoms with Gasteiger partial charge >= 0.3 is 0 Å². The summed E-state index contributed by atoms with van der Waals surface area (Å²) < 4.78 is 0. The highest BCUT2D eigenvalue weighted by Crippen LogP contribution is 2.39. The summed E-state index contributed by atoms with van der Waals surface area (Å²) in [5.41, 5.74) is 3.97. The van der Waals surface area contributed by atoms with Gasteiger partial charge in [-0.1, -0.05) is 83.4 Å². The maximum absolute atomic E-state index is 6.34. The minimum Gasteiger partial charge on any atom is -0.206 e. The maximum atomic E-state index is 6.34. The molecule has 5 heteroatoms. The summed E-state index contributed by atoms with van der Waals surface area (Å²) in [6.45, 7) is 2.05. The molecule has 2 aromatic carbocycles. The van der Waals surface area contributed by atoms with Gasteiger partial charge in [-0.05, 0) is 29.7 Å². The molecular formula is C18H13Cl3N2. The van der Waals surface area contributed by atoms with Crippen LogP contribution in [0.1, 0.15) is 28.2 Å². The molecule has 0 spiro atoms. The summed E-state index contributed by atoms with van der Waals surface area (Å²) >= 11 is 18.5. The summed E-state index contributed by atoms with van der Waals surface area (Å²) in [6, 6.07) is 18.2. The molecule has 0 N–H and O–H groups in total. The third kappa shape index (κ3) is 3.50. The highest BCUT2D eigenvalue weighted by molar-refractivity contribution is 6.36. The molecule has 3 aromatic rings. The topological polar surface area (TPSA) is 25.8 Å². The van der Waals surface area contributed by atoms with E-state index in [9.17, 15) is 0 Å². The van der Waals surface area contributed by atoms with Crippen LogP contribution in [0.5, 0.6) is 0 Å². The lowest BCUT2D eigenvalue weighted by Crippen LogP contribution is -2.07. The van der Waals surface area contributed by atoms with E-state index >= 15 is 0 Å². The number of aromatic nitrogens is 2. The number of halogens is 3. The van der Waals surface area contributed by atoms with Crippen LogP contribution in [0.4, 0.5) is 0 Å². The van der Waals surface area contributed by atoms with Gasteiger partial charge in [-0.15, -0.1) is 0 Å². The Labute approximate surface area is 150 Å². The van der Waals surface area contributed by atoms with E-state index < -0.39 is 0 Å². The molecule has 116 valence electrons. The monoisotopic (exact) mass is 362 g/mol. The molecule has 0 fully saturated rings. The van der Waals surface area contributed by atoms with Crippen molar-refractivity contribution in [1.82, 2.24) is 9.97 Å². The Kier molecular flexibility index (Phi) is 4.86. The number of benzene rings is 2. The molecule has 0 saturated heterocycles. The molecule has 23 heavy (non-hydrogen) atoms. The van der Waals surface area contributed by atoms with Gasteiger partial charge in [-0.2, -0.15) is 0 Å². The Hall–Kier alpha value is -1.61. The van der Waals surface area contributed by atoms with Crippen LogP contribution < -0.4 is 0 Å². The lowest BCUT2D eigenvalue weighted by atomic mass is 9.86. The normalized spacial score (nSPS) is 12.2. The molecular weight excluding hydrogens is 351 g/mol. The van der Waals surface area contributed by atoms with Crippen LogP contribution in [-0.2, 0) is 0 Å². The van der Waals surface area contributed by atoms with E-state index in [4.69, 9.17) is 34.8 Å². The van der Waals surface area contributed by atoms with Crippen molar-refractivity contribution in [2.75, 3.05) is 0 Å². The summed E-state index contributed by atoms with van der Waals surface area (Å²) in [6.07, 6.45) is 0. The molecule has 0 aliphatic rings. The van der Waals surface area contributed by atoms with Crippen molar-refractivity contribution in [3.8, 4) is 0 Å². The van der Waals surface area contributed by atoms with Gasteiger partial charge < -0.3 is 0 Å². The zero-order valence-electron chi connectivity index (χ0n) is 12.3. The predicted molar refractivity (Wildman–Crippen MR) is 95.6 cm³/mol. The molecule has 0 aliphatic carbocycles. The average molecular weight is 364 g/mol. The molecule has 1 aromatic heterocycles. The molecule has 0 amide bonds. The SMILES string of the molecule is Cc1ccc(C(c2ccccc2)c2c(Cl)nc(Cl)nc2Cl)cc1. The standard InChI is InChI=1S/C18H13Cl3N2/c1-11-7-9-13(10-8-11)14(12-5-3-2-4-6-12)15-16(19)22-18(21)23-17(15)20/h2-10,14H,1H3. The third-order valence-electron chi connectivity index (χ3n) is 3.66. The minimum atomic E-state index is -0.158. The van der Waals surface area contributed by atoms with E-state index in [1.807, 2.05) is 37.3 Å². The van der Waals surface area contributed by atoms with Crippen molar-refractivity contribution < 1.29 is 0 Å². The van der Waals surface area contributed by atoms with Crippen LogP contribution in [0.25, 0.3) is 0 Å². The largest absolute Gasteiger partial charge is 0.225 e. The first-order chi connectivity index (χ1) is 11.1. The summed E-state index contributed by atoms with van der Waals surface area (Å²) in [7, 11) is 0. The Morgan fingerprint density at radius 3 is 1.83 bits per heavy atom. The zero-order valence-corrected chi connectivity index (χ0v) is 14.6. The minimum absolute atomic E-state index is 0.0412. The van der Waals surface area contributed by atoms with E-state index in [0.717, 1.165) is 11.1 Å². The van der Waals surface area contributed by atoms with Crippen LogP contribution in [-0.4, -0.2) is 9.97 Å². The Morgan fingerprint density at radius 1 is 0.739 bits per heavy atom. The first kappa shape index (κ1) is 16.3. The van der Waals surface area contributed by atoms with Crippen molar-refractivity contribution in [2.24, 2.45) is 0 Å². The molecule has 0 aliphatic heterocycles. The molecule has 1 atom stereocenters. The number of nitrogens with zero attached hydrogens (tertiary/aromatic N) is 2. The molecule has 1 heterocycles. The van der Waals surface area contributed by atoms with Gasteiger partial charge in [-0.25, -0.2) is 9.97 Å². The Balaban J connectivity index is 2.23. The number of hydrogen-bond acceptors (Lipinski definition) is 2. The highest BCUT2D eigenvalue weighted by Gasteiger charge is 2.24. The van der Waals surface area contributed by atoms with Crippen LogP contribution in [0.3, 0.4) is 0 Å². The van der Waals surface area contributed by atoms with Crippen molar-refractivity contribution >= 4 is 34.8 Å². The van der Waals surface area contributed by atoms with E-state index in [0.29, 0.717) is 5.56 Å². The Bertz CT molecular complexity index is 794. The smallest absolute Gasteiger partial charge is 0.206 e. The molecule has 1 unspecified atom stereocenters. The van der Waals surface area contributed by atoms with Crippen LogP contribution >= 0.6 is 34.8 Å². The van der Waals surface area contributed by atoms with Gasteiger partial charge in [0.05, 0.1) is 0 Å². The molecule has 2 nitrogen and oxygen atoms in total. The molecule has 0 radical (unpaired) electrons. The lowest BCUT2D eigenvalue weighted by molar-refractivity contribution is 0.941. The molecule has 0 bridgehead atoms. The van der Waals surface area contributed by atoms with Gasteiger partial charge in [0.25, 0.3) is 0 Å². The second kappa shape index (κ2) is 6.88. The number of hydrogen-bond donors (Lipinski definition) is 0. The fourth-order valence-corrected chi connectivity index (χ4v) is 3.42. The number of rotatable bonds is 3. The summed E-state index contributed by atoms with van der Waals surface area (Å²) in [5, 5.41) is 0.577. The van der Waals surface area contributed by atoms with Gasteiger partial charge in [-0.3, -0.25) is 0 Å². The van der Waals surface area contributed by atoms with Gasteiger partial charge in [0.15, 0.2) is 0 Å². The summed E-state index contributed by atoms with van der Waals surface area (Å²) in [4.78, 5) is 8.12. The predicted octanol–water partition coefficient (Wildman–Crippen LogP) is 5.93. The lowest BCUT2D eigenvalue weighted by Gasteiger charge is -2.20. The highest BCUT2D eigenvalue weighted by atomic mass is 35.5. The maximum Gasteiger partial charge on any atom is 0.225 e. The first-order valence-corrected chi connectivity index (χ1v) is 8.19. The van der Waals surface area contributed by atoms with Crippen molar-refractivity contribution in [3.63, 3.8) is 0 Å². The molecule has 3 rings (SSSR count). The van der Waals surface area contributed by atoms with E-state index in [-0.39, 0.29) is 21.5 Å². The van der Waals surface area contributed by atoms with E-state index in [1.165, 1.54) is 5.56 Å². The fourth-order valence-electron chi connectivity index (χ4n) is 2.56. The zero-order chi connectivity index (χ0) is 16.4. The third-order valence-corrected chi connectivity index (χ3v) is 4.40. The van der Waals surface area contributed by atoms with Crippen LogP contribution in [0.2, 0.25) is 15.6 Å². The Morgan fingerprint density at radius 2 is 1.26 bits per heavy atom. The van der Waals surface area contributed by atoms with Crippen LogP contribution in [0, 0.1) is 6.92 Å². The van der Waals surface area contributed by atoms with Crippen molar-refractivity contribution in [2.45, 2.75) is 12.8 Å². The molecule has 0 saturated carbocycles. The fraction of sp³-hybridized carbons (Fsp3) is 0.111.